The predicted molar refractivity (Wildman–Crippen MR) is 98.1 cm³/mol. The fourth-order valence-electron chi connectivity index (χ4n) is 2.28. The van der Waals surface area contributed by atoms with Gasteiger partial charge in [0.25, 0.3) is 0 Å². The van der Waals surface area contributed by atoms with E-state index in [1.54, 1.807) is 6.20 Å². The highest BCUT2D eigenvalue weighted by molar-refractivity contribution is 6.33. The maximum atomic E-state index is 6.17. The largest absolute Gasteiger partial charge is 0.441 e. The van der Waals surface area contributed by atoms with E-state index in [1.165, 1.54) is 0 Å². The number of rotatable bonds is 7. The maximum absolute atomic E-state index is 6.17. The summed E-state index contributed by atoms with van der Waals surface area (Å²) in [7, 11) is 1.91. The second-order valence-electron chi connectivity index (χ2n) is 5.60. The summed E-state index contributed by atoms with van der Waals surface area (Å²) in [5, 5.41) is 7.77. The van der Waals surface area contributed by atoms with Gasteiger partial charge in [0.2, 0.25) is 5.89 Å². The van der Waals surface area contributed by atoms with Crippen LogP contribution in [0, 0.1) is 0 Å². The highest BCUT2D eigenvalue weighted by Crippen LogP contribution is 2.28. The molecule has 3 aromatic rings. The van der Waals surface area contributed by atoms with E-state index >= 15 is 0 Å². The van der Waals surface area contributed by atoms with Gasteiger partial charge in [-0.3, -0.25) is 0 Å². The van der Waals surface area contributed by atoms with Gasteiger partial charge in [-0.05, 0) is 26.1 Å². The zero-order valence-corrected chi connectivity index (χ0v) is 15.6. The zero-order valence-electron chi connectivity index (χ0n) is 14.0. The average molecular weight is 383 g/mol. The lowest BCUT2D eigenvalue weighted by Crippen LogP contribution is -2.24. The van der Waals surface area contributed by atoms with Crippen LogP contribution < -0.4 is 5.32 Å². The zero-order chi connectivity index (χ0) is 16.9. The standard InChI is InChI=1S/C17H19ClN4O2.ClH/c1-11(19-2)9-15-21-17(24-22-15)8-7-16-20-10-14(23-16)12-5-3-4-6-13(12)18;/h3-6,10-11,19H,7-9H2,1-2H3;1H. The van der Waals surface area contributed by atoms with E-state index in [0.717, 1.165) is 12.0 Å². The Balaban J connectivity index is 0.00000225. The van der Waals surface area contributed by atoms with Crippen LogP contribution in [0.5, 0.6) is 0 Å². The van der Waals surface area contributed by atoms with Gasteiger partial charge >= 0.3 is 0 Å². The van der Waals surface area contributed by atoms with Gasteiger partial charge in [-0.1, -0.05) is 28.9 Å². The van der Waals surface area contributed by atoms with Crippen molar-refractivity contribution in [1.29, 1.82) is 0 Å². The first kappa shape index (κ1) is 19.4. The summed E-state index contributed by atoms with van der Waals surface area (Å²) in [6, 6.07) is 7.83. The number of aryl methyl sites for hydroxylation is 2. The van der Waals surface area contributed by atoms with E-state index < -0.39 is 0 Å². The summed E-state index contributed by atoms with van der Waals surface area (Å²) in [4.78, 5) is 8.68. The summed E-state index contributed by atoms with van der Waals surface area (Å²) in [6.45, 7) is 2.07. The lowest BCUT2D eigenvalue weighted by atomic mass is 10.2. The molecule has 1 N–H and O–H groups in total. The van der Waals surface area contributed by atoms with Crippen LogP contribution >= 0.6 is 24.0 Å². The van der Waals surface area contributed by atoms with E-state index in [-0.39, 0.29) is 12.4 Å². The first-order valence-corrected chi connectivity index (χ1v) is 8.22. The van der Waals surface area contributed by atoms with E-state index in [0.29, 0.717) is 47.3 Å². The van der Waals surface area contributed by atoms with Crippen molar-refractivity contribution in [3.05, 3.63) is 53.1 Å². The normalized spacial score (nSPS) is 12.0. The van der Waals surface area contributed by atoms with Crippen LogP contribution in [-0.2, 0) is 19.3 Å². The van der Waals surface area contributed by atoms with Gasteiger partial charge in [0.1, 0.15) is 0 Å². The van der Waals surface area contributed by atoms with Crippen molar-refractivity contribution in [1.82, 2.24) is 20.4 Å². The molecule has 0 spiro atoms. The van der Waals surface area contributed by atoms with E-state index in [1.807, 2.05) is 31.3 Å². The van der Waals surface area contributed by atoms with Gasteiger partial charge < -0.3 is 14.3 Å². The Morgan fingerprint density at radius 2 is 1.96 bits per heavy atom. The molecule has 1 atom stereocenters. The summed E-state index contributed by atoms with van der Waals surface area (Å²) in [6.07, 6.45) is 3.59. The smallest absolute Gasteiger partial charge is 0.227 e. The average Bonchev–Trinajstić information content (AvgIpc) is 3.22. The predicted octanol–water partition coefficient (Wildman–Crippen LogP) is 3.74. The summed E-state index contributed by atoms with van der Waals surface area (Å²) in [5.74, 6) is 2.57. The number of aromatic nitrogens is 3. The fourth-order valence-corrected chi connectivity index (χ4v) is 2.50. The van der Waals surface area contributed by atoms with Gasteiger partial charge in [0.15, 0.2) is 17.5 Å². The molecule has 0 saturated heterocycles. The molecule has 0 aliphatic heterocycles. The van der Waals surface area contributed by atoms with E-state index in [2.05, 4.69) is 27.4 Å². The third-order valence-electron chi connectivity index (χ3n) is 3.74. The van der Waals surface area contributed by atoms with Gasteiger partial charge in [-0.15, -0.1) is 12.4 Å². The number of nitrogens with one attached hydrogen (secondary N) is 1. The molecule has 25 heavy (non-hydrogen) atoms. The van der Waals surface area contributed by atoms with Crippen molar-refractivity contribution < 1.29 is 8.94 Å². The van der Waals surface area contributed by atoms with E-state index in [9.17, 15) is 0 Å². The molecule has 0 radical (unpaired) electrons. The van der Waals surface area contributed by atoms with Gasteiger partial charge in [-0.2, -0.15) is 4.98 Å². The van der Waals surface area contributed by atoms with E-state index in [4.69, 9.17) is 20.5 Å². The fraction of sp³-hybridized carbons (Fsp3) is 0.353. The summed E-state index contributed by atoms with van der Waals surface area (Å²) in [5.41, 5.74) is 0.832. The number of oxazole rings is 1. The van der Waals surface area contributed by atoms with Crippen molar-refractivity contribution in [3.63, 3.8) is 0 Å². The van der Waals surface area contributed by atoms with Crippen molar-refractivity contribution in [3.8, 4) is 11.3 Å². The number of hydrogen-bond acceptors (Lipinski definition) is 6. The molecule has 0 saturated carbocycles. The van der Waals surface area contributed by atoms with Crippen molar-refractivity contribution in [2.24, 2.45) is 0 Å². The van der Waals surface area contributed by atoms with Crippen LogP contribution in [-0.4, -0.2) is 28.2 Å². The Labute approximate surface area is 157 Å². The SMILES string of the molecule is CNC(C)Cc1noc(CCc2ncc(-c3ccccc3Cl)o2)n1.Cl. The Morgan fingerprint density at radius 3 is 2.72 bits per heavy atom. The highest BCUT2D eigenvalue weighted by Gasteiger charge is 2.13. The topological polar surface area (TPSA) is 77.0 Å². The molecule has 3 rings (SSSR count). The Morgan fingerprint density at radius 1 is 1.20 bits per heavy atom. The Hall–Kier alpha value is -1.89. The van der Waals surface area contributed by atoms with Crippen LogP contribution in [0.25, 0.3) is 11.3 Å². The molecule has 0 bridgehead atoms. The molecule has 1 unspecified atom stereocenters. The number of likely N-dealkylation sites (N-methyl/N-ethyl adjacent to an activating group) is 1. The van der Waals surface area contributed by atoms with Crippen LogP contribution in [0.3, 0.4) is 0 Å². The summed E-state index contributed by atoms with van der Waals surface area (Å²) >= 11 is 6.17. The number of halogens is 2. The molecule has 1 aromatic carbocycles. The first-order valence-electron chi connectivity index (χ1n) is 7.84. The van der Waals surface area contributed by atoms with Gasteiger partial charge in [0.05, 0.1) is 11.2 Å². The molecule has 8 heteroatoms. The first-order chi connectivity index (χ1) is 11.7. The molecule has 6 nitrogen and oxygen atoms in total. The second-order valence-corrected chi connectivity index (χ2v) is 6.00. The third-order valence-corrected chi connectivity index (χ3v) is 4.07. The van der Waals surface area contributed by atoms with Crippen molar-refractivity contribution >= 4 is 24.0 Å². The van der Waals surface area contributed by atoms with Crippen LogP contribution in [0.1, 0.15) is 24.5 Å². The van der Waals surface area contributed by atoms with Crippen molar-refractivity contribution in [2.45, 2.75) is 32.2 Å². The maximum Gasteiger partial charge on any atom is 0.227 e. The molecule has 0 amide bonds. The second kappa shape index (κ2) is 8.99. The molecule has 0 fully saturated rings. The molecule has 2 heterocycles. The molecule has 2 aromatic heterocycles. The minimum Gasteiger partial charge on any atom is -0.441 e. The lowest BCUT2D eigenvalue weighted by molar-refractivity contribution is 0.366. The minimum absolute atomic E-state index is 0. The molecular formula is C17H20Cl2N4O2. The number of benzene rings is 1. The lowest BCUT2D eigenvalue weighted by Gasteiger charge is -2.04. The Kier molecular flexibility index (Phi) is 6.99. The van der Waals surface area contributed by atoms with Crippen LogP contribution in [0.4, 0.5) is 0 Å². The Bertz CT molecular complexity index is 803. The minimum atomic E-state index is 0. The van der Waals surface area contributed by atoms with Crippen LogP contribution in [0.2, 0.25) is 5.02 Å². The third kappa shape index (κ3) is 5.04. The number of hydrogen-bond donors (Lipinski definition) is 1. The molecule has 0 aliphatic rings. The highest BCUT2D eigenvalue weighted by atomic mass is 35.5. The van der Waals surface area contributed by atoms with Crippen LogP contribution in [0.15, 0.2) is 39.4 Å². The molecule has 134 valence electrons. The quantitative estimate of drug-likeness (QED) is 0.670. The molecule has 0 aliphatic carbocycles. The van der Waals surface area contributed by atoms with Crippen molar-refractivity contribution in [2.75, 3.05) is 7.05 Å². The number of nitrogens with zero attached hydrogens (tertiary/aromatic N) is 3. The van der Waals surface area contributed by atoms with Gasteiger partial charge in [0, 0.05) is 30.9 Å². The molecular weight excluding hydrogens is 363 g/mol. The van der Waals surface area contributed by atoms with Gasteiger partial charge in [-0.25, -0.2) is 4.98 Å². The summed E-state index contributed by atoms with van der Waals surface area (Å²) < 4.78 is 11.0. The monoisotopic (exact) mass is 382 g/mol.